The molecule has 1 aromatic heterocycles. The number of nitrogens with one attached hydrogen (secondary N) is 1. The van der Waals surface area contributed by atoms with Gasteiger partial charge in [-0.15, -0.1) is 0 Å². The molecule has 2 aromatic rings. The number of amides is 1. The van der Waals surface area contributed by atoms with Gasteiger partial charge < -0.3 is 10.1 Å². The van der Waals surface area contributed by atoms with Crippen molar-refractivity contribution in [3.05, 3.63) is 51.6 Å². The van der Waals surface area contributed by atoms with Gasteiger partial charge in [-0.25, -0.2) is 13.4 Å². The van der Waals surface area contributed by atoms with E-state index >= 15 is 0 Å². The number of benzene rings is 1. The Morgan fingerprint density at radius 2 is 2.06 bits per heavy atom. The van der Waals surface area contributed by atoms with Gasteiger partial charge in [0.25, 0.3) is 5.91 Å². The van der Waals surface area contributed by atoms with Crippen molar-refractivity contribution in [3.8, 4) is 0 Å². The Hall–Kier alpha value is -1.87. The van der Waals surface area contributed by atoms with E-state index in [2.05, 4.69) is 10.3 Å². The summed E-state index contributed by atoms with van der Waals surface area (Å²) in [6.45, 7) is 3.07. The van der Waals surface area contributed by atoms with Crippen molar-refractivity contribution in [3.63, 3.8) is 0 Å². The summed E-state index contributed by atoms with van der Waals surface area (Å²) < 4.78 is 31.2. The number of sulfonamides is 1. The molecule has 0 saturated carbocycles. The number of carbonyl (C=O) groups excluding carboxylic acids is 1. The molecule has 2 unspecified atom stereocenters. The van der Waals surface area contributed by atoms with Crippen LogP contribution < -0.4 is 9.62 Å². The van der Waals surface area contributed by atoms with Crippen LogP contribution in [0.25, 0.3) is 0 Å². The standard InChI is InChI=1S/C21H23Cl2N3O4S/c1-13-7-14(3-5-30-13)15-8-16(22)10-17(9-15)25-21(27)18-11-20(24-12-19(18)23)26-4-2-6-31(26,28)29/h8-14H,2-7H2,1H3,(H,25,27). The average Bonchev–Trinajstić information content (AvgIpc) is 3.07. The van der Waals surface area contributed by atoms with E-state index in [4.69, 9.17) is 27.9 Å². The molecule has 2 aliphatic rings. The molecular weight excluding hydrogens is 461 g/mol. The maximum atomic E-state index is 13.0. The monoisotopic (exact) mass is 483 g/mol. The molecule has 7 nitrogen and oxygen atoms in total. The number of halogens is 2. The first kappa shape index (κ1) is 22.3. The summed E-state index contributed by atoms with van der Waals surface area (Å²) in [7, 11) is -3.41. The number of aromatic nitrogens is 1. The van der Waals surface area contributed by atoms with Crippen LogP contribution in [-0.4, -0.2) is 44.3 Å². The van der Waals surface area contributed by atoms with Gasteiger partial charge in [0.05, 0.1) is 22.4 Å². The van der Waals surface area contributed by atoms with Crippen molar-refractivity contribution in [1.82, 2.24) is 4.98 Å². The van der Waals surface area contributed by atoms with Crippen molar-refractivity contribution in [2.75, 3.05) is 28.5 Å². The molecule has 0 spiro atoms. The summed E-state index contributed by atoms with van der Waals surface area (Å²) in [4.78, 5) is 17.1. The number of carbonyl (C=O) groups is 1. The summed E-state index contributed by atoms with van der Waals surface area (Å²) in [5.74, 6) is 0.0954. The minimum atomic E-state index is -3.41. The second-order valence-corrected chi connectivity index (χ2v) is 10.8. The Balaban J connectivity index is 1.58. The van der Waals surface area contributed by atoms with Crippen LogP contribution in [0.15, 0.2) is 30.5 Å². The number of hydrogen-bond donors (Lipinski definition) is 1. The lowest BCUT2D eigenvalue weighted by Gasteiger charge is -2.28. The Labute approximate surface area is 191 Å². The Kier molecular flexibility index (Phi) is 6.44. The fraction of sp³-hybridized carbons (Fsp3) is 0.429. The van der Waals surface area contributed by atoms with E-state index in [1.54, 1.807) is 6.07 Å². The highest BCUT2D eigenvalue weighted by Gasteiger charge is 2.30. The van der Waals surface area contributed by atoms with Crippen LogP contribution in [0, 0.1) is 0 Å². The molecule has 2 atom stereocenters. The quantitative estimate of drug-likeness (QED) is 0.692. The average molecular weight is 484 g/mol. The Bertz CT molecular complexity index is 1110. The van der Waals surface area contributed by atoms with Gasteiger partial charge in [-0.1, -0.05) is 23.2 Å². The summed E-state index contributed by atoms with van der Waals surface area (Å²) in [5, 5.41) is 3.50. The Morgan fingerprint density at radius 1 is 1.26 bits per heavy atom. The molecule has 2 saturated heterocycles. The molecule has 10 heteroatoms. The molecule has 3 heterocycles. The third-order valence-electron chi connectivity index (χ3n) is 5.57. The summed E-state index contributed by atoms with van der Waals surface area (Å²) >= 11 is 12.5. The van der Waals surface area contributed by atoms with Gasteiger partial charge in [0.2, 0.25) is 10.0 Å². The van der Waals surface area contributed by atoms with Crippen LogP contribution in [-0.2, 0) is 14.8 Å². The first-order chi connectivity index (χ1) is 14.7. The van der Waals surface area contributed by atoms with Crippen molar-refractivity contribution in [1.29, 1.82) is 0 Å². The number of rotatable bonds is 4. The van der Waals surface area contributed by atoms with Crippen LogP contribution in [0.1, 0.15) is 48.0 Å². The summed E-state index contributed by atoms with van der Waals surface area (Å²) in [6.07, 6.45) is 3.77. The van der Waals surface area contributed by atoms with Crippen LogP contribution in [0.5, 0.6) is 0 Å². The lowest BCUT2D eigenvalue weighted by atomic mass is 9.89. The van der Waals surface area contributed by atoms with Gasteiger partial charge in [0.15, 0.2) is 0 Å². The van der Waals surface area contributed by atoms with Gasteiger partial charge in [-0.05, 0) is 61.9 Å². The van der Waals surface area contributed by atoms with Crippen LogP contribution in [0.4, 0.5) is 11.5 Å². The molecule has 0 aliphatic carbocycles. The second-order valence-electron chi connectivity index (χ2n) is 7.89. The maximum Gasteiger partial charge on any atom is 0.257 e. The SMILES string of the molecule is CC1CC(c2cc(Cl)cc(NC(=O)c3cc(N4CCCS4(=O)=O)ncc3Cl)c2)CCO1. The fourth-order valence-corrected chi connectivity index (χ4v) is 5.99. The lowest BCUT2D eigenvalue weighted by molar-refractivity contribution is 0.0186. The number of nitrogens with zero attached hydrogens (tertiary/aromatic N) is 2. The highest BCUT2D eigenvalue weighted by molar-refractivity contribution is 7.93. The topological polar surface area (TPSA) is 88.6 Å². The van der Waals surface area contributed by atoms with E-state index in [-0.39, 0.29) is 28.3 Å². The number of ether oxygens (including phenoxy) is 1. The minimum Gasteiger partial charge on any atom is -0.378 e. The Morgan fingerprint density at radius 3 is 2.77 bits per heavy atom. The van der Waals surface area contributed by atoms with E-state index < -0.39 is 15.9 Å². The minimum absolute atomic E-state index is 0.0644. The largest absolute Gasteiger partial charge is 0.378 e. The molecule has 1 aromatic carbocycles. The van der Waals surface area contributed by atoms with Gasteiger partial charge >= 0.3 is 0 Å². The zero-order chi connectivity index (χ0) is 22.2. The molecule has 2 fully saturated rings. The third kappa shape index (κ3) is 4.98. The van der Waals surface area contributed by atoms with E-state index in [0.717, 1.165) is 18.4 Å². The van der Waals surface area contributed by atoms with Gasteiger partial charge in [0.1, 0.15) is 5.82 Å². The van der Waals surface area contributed by atoms with Gasteiger partial charge in [0, 0.05) is 30.1 Å². The molecule has 2 aliphatic heterocycles. The fourth-order valence-electron chi connectivity index (χ4n) is 4.05. The molecule has 1 amide bonds. The molecule has 166 valence electrons. The first-order valence-electron chi connectivity index (χ1n) is 10.1. The van der Waals surface area contributed by atoms with Crippen molar-refractivity contribution in [2.24, 2.45) is 0 Å². The van der Waals surface area contributed by atoms with Crippen molar-refractivity contribution in [2.45, 2.75) is 38.2 Å². The highest BCUT2D eigenvalue weighted by atomic mass is 35.5. The molecule has 0 radical (unpaired) electrons. The van der Waals surface area contributed by atoms with E-state index in [9.17, 15) is 13.2 Å². The predicted octanol–water partition coefficient (Wildman–Crippen LogP) is 4.46. The van der Waals surface area contributed by atoms with Crippen LogP contribution in [0.3, 0.4) is 0 Å². The van der Waals surface area contributed by atoms with Crippen molar-refractivity contribution < 1.29 is 17.9 Å². The number of anilines is 2. The van der Waals surface area contributed by atoms with E-state index in [1.165, 1.54) is 16.6 Å². The normalized spacial score (nSPS) is 23.0. The van der Waals surface area contributed by atoms with Gasteiger partial charge in [-0.3, -0.25) is 9.10 Å². The van der Waals surface area contributed by atoms with Gasteiger partial charge in [-0.2, -0.15) is 0 Å². The molecule has 4 rings (SSSR count). The summed E-state index contributed by atoms with van der Waals surface area (Å²) in [5.41, 5.74) is 1.74. The zero-order valence-electron chi connectivity index (χ0n) is 17.0. The molecular formula is C21H23Cl2N3O4S. The maximum absolute atomic E-state index is 13.0. The lowest BCUT2D eigenvalue weighted by Crippen LogP contribution is -2.26. The highest BCUT2D eigenvalue weighted by Crippen LogP contribution is 2.34. The van der Waals surface area contributed by atoms with E-state index in [1.807, 2.05) is 19.1 Å². The summed E-state index contributed by atoms with van der Waals surface area (Å²) in [6, 6.07) is 6.90. The molecule has 31 heavy (non-hydrogen) atoms. The predicted molar refractivity (Wildman–Crippen MR) is 122 cm³/mol. The van der Waals surface area contributed by atoms with Crippen LogP contribution >= 0.6 is 23.2 Å². The second kappa shape index (κ2) is 8.94. The molecule has 1 N–H and O–H groups in total. The molecule has 0 bridgehead atoms. The zero-order valence-corrected chi connectivity index (χ0v) is 19.3. The first-order valence-corrected chi connectivity index (χ1v) is 12.5. The van der Waals surface area contributed by atoms with Crippen LogP contribution in [0.2, 0.25) is 10.0 Å². The smallest absolute Gasteiger partial charge is 0.257 e. The third-order valence-corrected chi connectivity index (χ3v) is 7.94. The number of pyridine rings is 1. The van der Waals surface area contributed by atoms with Crippen molar-refractivity contribution >= 4 is 50.6 Å². The van der Waals surface area contributed by atoms with E-state index in [0.29, 0.717) is 36.2 Å². The number of hydrogen-bond acceptors (Lipinski definition) is 5.